The van der Waals surface area contributed by atoms with Gasteiger partial charge in [0, 0.05) is 23.5 Å². The van der Waals surface area contributed by atoms with Gasteiger partial charge in [0.05, 0.1) is 18.1 Å². The number of carbonyl (C=O) groups excluding carboxylic acids is 1. The number of nitro groups is 1. The number of aromatic nitrogens is 1. The Hall–Kier alpha value is -2.83. The maximum absolute atomic E-state index is 12.4. The van der Waals surface area contributed by atoms with Crippen molar-refractivity contribution in [2.75, 3.05) is 13.7 Å². The number of hydrogen-bond donors (Lipinski definition) is 0. The molecule has 7 nitrogen and oxygen atoms in total. The van der Waals surface area contributed by atoms with Crippen molar-refractivity contribution in [3.05, 3.63) is 51.3 Å². The molecule has 0 amide bonds. The zero-order valence-electron chi connectivity index (χ0n) is 14.2. The Kier molecular flexibility index (Phi) is 5.23. The molecule has 0 aliphatic rings. The number of nitro benzene ring substituents is 1. The number of methoxy groups -OCH3 is 1. The van der Waals surface area contributed by atoms with E-state index in [1.165, 1.54) is 19.2 Å². The number of Topliss-reactive ketones (excluding diaryl/α,β-unsaturated/α-hetero) is 1. The quantitative estimate of drug-likeness (QED) is 0.441. The van der Waals surface area contributed by atoms with Gasteiger partial charge in [-0.3, -0.25) is 14.9 Å². The van der Waals surface area contributed by atoms with Crippen LogP contribution in [-0.4, -0.2) is 29.0 Å². The number of aryl methyl sites for hydroxylation is 1. The summed E-state index contributed by atoms with van der Waals surface area (Å²) in [6.07, 6.45) is 0. The van der Waals surface area contributed by atoms with Gasteiger partial charge in [0.15, 0.2) is 12.4 Å². The highest BCUT2D eigenvalue weighted by Crippen LogP contribution is 2.31. The minimum atomic E-state index is -0.564. The summed E-state index contributed by atoms with van der Waals surface area (Å²) in [4.78, 5) is 23.0. The van der Waals surface area contributed by atoms with E-state index >= 15 is 0 Å². The summed E-state index contributed by atoms with van der Waals surface area (Å²) >= 11 is 0. The first-order chi connectivity index (χ1) is 11.4. The molecule has 0 saturated carbocycles. The second kappa shape index (κ2) is 7.16. The zero-order valence-corrected chi connectivity index (χ0v) is 14.2. The van der Waals surface area contributed by atoms with Crippen molar-refractivity contribution in [2.24, 2.45) is 0 Å². The van der Waals surface area contributed by atoms with Crippen LogP contribution < -0.4 is 9.47 Å². The average molecular weight is 332 g/mol. The van der Waals surface area contributed by atoms with E-state index in [-0.39, 0.29) is 23.8 Å². The summed E-state index contributed by atoms with van der Waals surface area (Å²) in [5.74, 6) is 0.179. The minimum absolute atomic E-state index is 0.0402. The summed E-state index contributed by atoms with van der Waals surface area (Å²) in [7, 11) is 1.42. The van der Waals surface area contributed by atoms with Crippen LogP contribution >= 0.6 is 0 Å². The van der Waals surface area contributed by atoms with Crippen LogP contribution in [0.3, 0.4) is 0 Å². The maximum Gasteiger partial charge on any atom is 0.314 e. The molecule has 0 radical (unpaired) electrons. The van der Waals surface area contributed by atoms with Crippen LogP contribution in [0.1, 0.15) is 28.7 Å². The van der Waals surface area contributed by atoms with Crippen molar-refractivity contribution in [1.29, 1.82) is 0 Å². The van der Waals surface area contributed by atoms with E-state index in [0.29, 0.717) is 11.3 Å². The van der Waals surface area contributed by atoms with Gasteiger partial charge >= 0.3 is 5.69 Å². The first kappa shape index (κ1) is 17.5. The second-order valence-electron chi connectivity index (χ2n) is 5.33. The van der Waals surface area contributed by atoms with Gasteiger partial charge < -0.3 is 14.0 Å². The monoisotopic (exact) mass is 332 g/mol. The molecule has 0 bridgehead atoms. The van der Waals surface area contributed by atoms with Gasteiger partial charge in [-0.05, 0) is 39.0 Å². The van der Waals surface area contributed by atoms with Crippen molar-refractivity contribution in [3.8, 4) is 11.5 Å². The molecular weight excluding hydrogens is 312 g/mol. The normalized spacial score (nSPS) is 10.5. The van der Waals surface area contributed by atoms with E-state index in [1.54, 1.807) is 6.07 Å². The molecule has 0 spiro atoms. The van der Waals surface area contributed by atoms with Crippen LogP contribution in [0.5, 0.6) is 11.5 Å². The first-order valence-corrected chi connectivity index (χ1v) is 7.54. The third kappa shape index (κ3) is 3.40. The standard InChI is InChI=1S/C17H20N2O5/c1-5-18-11(2)8-14(12(18)3)16(20)10-24-17-7-6-13(23-4)9-15(17)19(21)22/h6-9H,5,10H2,1-4H3. The lowest BCUT2D eigenvalue weighted by Gasteiger charge is -2.08. The van der Waals surface area contributed by atoms with Crippen molar-refractivity contribution in [2.45, 2.75) is 27.3 Å². The van der Waals surface area contributed by atoms with Crippen LogP contribution in [0.15, 0.2) is 24.3 Å². The van der Waals surface area contributed by atoms with Gasteiger partial charge in [-0.15, -0.1) is 0 Å². The molecule has 1 heterocycles. The number of nitrogens with zero attached hydrogens (tertiary/aromatic N) is 2. The molecule has 128 valence electrons. The predicted molar refractivity (Wildman–Crippen MR) is 89.1 cm³/mol. The zero-order chi connectivity index (χ0) is 17.9. The van der Waals surface area contributed by atoms with Gasteiger partial charge in [-0.2, -0.15) is 0 Å². The van der Waals surface area contributed by atoms with E-state index in [2.05, 4.69) is 0 Å². The van der Waals surface area contributed by atoms with E-state index in [1.807, 2.05) is 31.4 Å². The van der Waals surface area contributed by atoms with Crippen molar-refractivity contribution in [3.63, 3.8) is 0 Å². The molecule has 24 heavy (non-hydrogen) atoms. The summed E-state index contributed by atoms with van der Waals surface area (Å²) in [6.45, 7) is 6.32. The van der Waals surface area contributed by atoms with Crippen LogP contribution in [-0.2, 0) is 6.54 Å². The number of rotatable bonds is 7. The molecule has 0 unspecified atom stereocenters. The third-order valence-electron chi connectivity index (χ3n) is 3.91. The van der Waals surface area contributed by atoms with Gasteiger partial charge in [0.2, 0.25) is 5.78 Å². The topological polar surface area (TPSA) is 83.6 Å². The molecule has 2 rings (SSSR count). The number of ketones is 1. The fraction of sp³-hybridized carbons (Fsp3) is 0.353. The highest BCUT2D eigenvalue weighted by Gasteiger charge is 2.20. The minimum Gasteiger partial charge on any atom is -0.496 e. The smallest absolute Gasteiger partial charge is 0.314 e. The van der Waals surface area contributed by atoms with Crippen LogP contribution in [0, 0.1) is 24.0 Å². The summed E-state index contributed by atoms with van der Waals surface area (Å²) in [5.41, 5.74) is 2.20. The Labute approximate surface area is 140 Å². The summed E-state index contributed by atoms with van der Waals surface area (Å²) < 4.78 is 12.4. The molecule has 0 fully saturated rings. The lowest BCUT2D eigenvalue weighted by atomic mass is 10.1. The van der Waals surface area contributed by atoms with E-state index < -0.39 is 4.92 Å². The third-order valence-corrected chi connectivity index (χ3v) is 3.91. The highest BCUT2D eigenvalue weighted by atomic mass is 16.6. The molecule has 2 aromatic rings. The van der Waals surface area contributed by atoms with Gasteiger partial charge in [0.25, 0.3) is 0 Å². The SMILES string of the molecule is CCn1c(C)cc(C(=O)COc2ccc(OC)cc2[N+](=O)[O-])c1C. The van der Waals surface area contributed by atoms with E-state index in [0.717, 1.165) is 17.9 Å². The van der Waals surface area contributed by atoms with Crippen molar-refractivity contribution in [1.82, 2.24) is 4.57 Å². The first-order valence-electron chi connectivity index (χ1n) is 7.54. The molecule has 0 aliphatic carbocycles. The van der Waals surface area contributed by atoms with E-state index in [9.17, 15) is 14.9 Å². The van der Waals surface area contributed by atoms with E-state index in [4.69, 9.17) is 9.47 Å². The molecule has 7 heteroatoms. The molecule has 0 saturated heterocycles. The second-order valence-corrected chi connectivity index (χ2v) is 5.33. The molecule has 1 aromatic heterocycles. The highest BCUT2D eigenvalue weighted by molar-refractivity contribution is 5.98. The molecule has 0 aliphatic heterocycles. The average Bonchev–Trinajstić information content (AvgIpc) is 2.86. The number of carbonyl (C=O) groups is 1. The lowest BCUT2D eigenvalue weighted by molar-refractivity contribution is -0.385. The Balaban J connectivity index is 2.19. The molecule has 0 atom stereocenters. The number of ether oxygens (including phenoxy) is 2. The number of benzene rings is 1. The van der Waals surface area contributed by atoms with Gasteiger partial charge in [-0.25, -0.2) is 0 Å². The Morgan fingerprint density at radius 2 is 2.00 bits per heavy atom. The molecule has 0 N–H and O–H groups in total. The lowest BCUT2D eigenvalue weighted by Crippen LogP contribution is -2.13. The van der Waals surface area contributed by atoms with Gasteiger partial charge in [-0.1, -0.05) is 0 Å². The Bertz CT molecular complexity index is 780. The summed E-state index contributed by atoms with van der Waals surface area (Å²) in [5, 5.41) is 11.1. The van der Waals surface area contributed by atoms with Crippen molar-refractivity contribution < 1.29 is 19.2 Å². The Morgan fingerprint density at radius 1 is 1.29 bits per heavy atom. The van der Waals surface area contributed by atoms with Gasteiger partial charge in [0.1, 0.15) is 5.75 Å². The van der Waals surface area contributed by atoms with Crippen LogP contribution in [0.4, 0.5) is 5.69 Å². The predicted octanol–water partition coefficient (Wildman–Crippen LogP) is 3.30. The number of hydrogen-bond acceptors (Lipinski definition) is 5. The fourth-order valence-electron chi connectivity index (χ4n) is 2.68. The Morgan fingerprint density at radius 3 is 2.54 bits per heavy atom. The van der Waals surface area contributed by atoms with Crippen LogP contribution in [0.25, 0.3) is 0 Å². The fourth-order valence-corrected chi connectivity index (χ4v) is 2.68. The molecular formula is C17H20N2O5. The van der Waals surface area contributed by atoms with Crippen LogP contribution in [0.2, 0.25) is 0 Å². The largest absolute Gasteiger partial charge is 0.496 e. The summed E-state index contributed by atoms with van der Waals surface area (Å²) in [6, 6.07) is 6.06. The maximum atomic E-state index is 12.4. The van der Waals surface area contributed by atoms with Crippen molar-refractivity contribution >= 4 is 11.5 Å². The molecule has 1 aromatic carbocycles.